The minimum atomic E-state index is -0.120. The number of likely N-dealkylation sites (N-methyl/N-ethyl adjacent to an activating group) is 1. The van der Waals surface area contributed by atoms with Crippen LogP contribution in [0.3, 0.4) is 0 Å². The van der Waals surface area contributed by atoms with Gasteiger partial charge in [0.15, 0.2) is 0 Å². The van der Waals surface area contributed by atoms with Crippen molar-refractivity contribution in [1.29, 1.82) is 0 Å². The standard InChI is InChI=1S/C20H29N3O3S/c1-21-5-3-6-22(8-7-21)20(25)13-18-15-26-11-9-23(18)14-19-12-17(16-27-19)4-2-10-24/h12,16,18,24H,3,5-11,13-15H2,1H3/t18-/m1/s1. The molecule has 0 saturated carbocycles. The van der Waals surface area contributed by atoms with E-state index >= 15 is 0 Å². The lowest BCUT2D eigenvalue weighted by atomic mass is 10.1. The molecule has 0 aromatic carbocycles. The maximum absolute atomic E-state index is 12.8. The van der Waals surface area contributed by atoms with Crippen molar-refractivity contribution >= 4 is 17.2 Å². The summed E-state index contributed by atoms with van der Waals surface area (Å²) in [5.41, 5.74) is 0.943. The Hall–Kier alpha value is -1.43. The van der Waals surface area contributed by atoms with E-state index in [-0.39, 0.29) is 18.6 Å². The lowest BCUT2D eigenvalue weighted by molar-refractivity contribution is -0.134. The summed E-state index contributed by atoms with van der Waals surface area (Å²) in [6, 6.07) is 2.20. The van der Waals surface area contributed by atoms with Crippen LogP contribution in [0.2, 0.25) is 0 Å². The maximum Gasteiger partial charge on any atom is 0.224 e. The van der Waals surface area contributed by atoms with Gasteiger partial charge in [0, 0.05) is 61.0 Å². The zero-order valence-corrected chi connectivity index (χ0v) is 16.8. The van der Waals surface area contributed by atoms with Gasteiger partial charge in [0.25, 0.3) is 0 Å². The zero-order valence-electron chi connectivity index (χ0n) is 16.0. The van der Waals surface area contributed by atoms with Crippen LogP contribution in [0.4, 0.5) is 0 Å². The number of aliphatic hydroxyl groups is 1. The lowest BCUT2D eigenvalue weighted by Gasteiger charge is -2.36. The first-order chi connectivity index (χ1) is 13.2. The Bertz CT molecular complexity index is 682. The molecule has 2 saturated heterocycles. The molecule has 2 aliphatic heterocycles. The van der Waals surface area contributed by atoms with Gasteiger partial charge in [0.1, 0.15) is 6.61 Å². The van der Waals surface area contributed by atoms with Gasteiger partial charge in [0.2, 0.25) is 5.91 Å². The Morgan fingerprint density at radius 1 is 1.33 bits per heavy atom. The van der Waals surface area contributed by atoms with Crippen molar-refractivity contribution in [1.82, 2.24) is 14.7 Å². The minimum absolute atomic E-state index is 0.120. The summed E-state index contributed by atoms with van der Waals surface area (Å²) in [5, 5.41) is 10.8. The number of rotatable bonds is 4. The molecule has 3 heterocycles. The van der Waals surface area contributed by atoms with Gasteiger partial charge in [-0.1, -0.05) is 11.8 Å². The highest BCUT2D eigenvalue weighted by Gasteiger charge is 2.28. The summed E-state index contributed by atoms with van der Waals surface area (Å²) in [6.07, 6.45) is 1.56. The molecule has 0 radical (unpaired) electrons. The average molecular weight is 392 g/mol. The molecule has 2 fully saturated rings. The van der Waals surface area contributed by atoms with Gasteiger partial charge in [-0.05, 0) is 26.1 Å². The largest absolute Gasteiger partial charge is 0.384 e. The van der Waals surface area contributed by atoms with Crippen LogP contribution in [-0.2, 0) is 16.1 Å². The van der Waals surface area contributed by atoms with Crippen LogP contribution in [0.1, 0.15) is 23.3 Å². The van der Waals surface area contributed by atoms with Gasteiger partial charge in [-0.3, -0.25) is 9.69 Å². The number of thiophene rings is 1. The molecular formula is C20H29N3O3S. The van der Waals surface area contributed by atoms with E-state index in [0.717, 1.165) is 51.3 Å². The van der Waals surface area contributed by atoms with Crippen LogP contribution in [0, 0.1) is 11.8 Å². The second kappa shape index (κ2) is 10.2. The molecule has 27 heavy (non-hydrogen) atoms. The second-order valence-corrected chi connectivity index (χ2v) is 8.20. The van der Waals surface area contributed by atoms with E-state index in [1.54, 1.807) is 11.3 Å². The van der Waals surface area contributed by atoms with Gasteiger partial charge in [0.05, 0.1) is 13.2 Å². The Labute approximate surface area is 165 Å². The normalized spacial score (nSPS) is 22.1. The summed E-state index contributed by atoms with van der Waals surface area (Å²) in [7, 11) is 2.12. The lowest BCUT2D eigenvalue weighted by Crippen LogP contribution is -2.48. The van der Waals surface area contributed by atoms with Crippen LogP contribution < -0.4 is 0 Å². The Kier molecular flexibility index (Phi) is 7.68. The molecule has 1 aromatic rings. The number of carbonyl (C=O) groups is 1. The molecule has 0 bridgehead atoms. The molecule has 0 aliphatic carbocycles. The van der Waals surface area contributed by atoms with E-state index in [2.05, 4.69) is 34.8 Å². The summed E-state index contributed by atoms with van der Waals surface area (Å²) in [5.74, 6) is 5.88. The zero-order chi connectivity index (χ0) is 19.1. The van der Waals surface area contributed by atoms with Crippen LogP contribution in [0.25, 0.3) is 0 Å². The van der Waals surface area contributed by atoms with Crippen LogP contribution >= 0.6 is 11.3 Å². The van der Waals surface area contributed by atoms with E-state index in [4.69, 9.17) is 9.84 Å². The third kappa shape index (κ3) is 6.03. The maximum atomic E-state index is 12.8. The van der Waals surface area contributed by atoms with Gasteiger partial charge in [-0.15, -0.1) is 11.3 Å². The van der Waals surface area contributed by atoms with Crippen LogP contribution in [-0.4, -0.2) is 91.3 Å². The SMILES string of the molecule is CN1CCCN(C(=O)C[C@@H]2COCCN2Cc2cc(C#CCO)cs2)CC1. The van der Waals surface area contributed by atoms with E-state index in [0.29, 0.717) is 19.6 Å². The second-order valence-electron chi connectivity index (χ2n) is 7.20. The fraction of sp³-hybridized carbons (Fsp3) is 0.650. The molecule has 2 aliphatic rings. The number of ether oxygens (including phenoxy) is 1. The predicted octanol–water partition coefficient (Wildman–Crippen LogP) is 0.847. The van der Waals surface area contributed by atoms with Gasteiger partial charge >= 0.3 is 0 Å². The molecule has 6 nitrogen and oxygen atoms in total. The van der Waals surface area contributed by atoms with Crippen molar-refractivity contribution < 1.29 is 14.6 Å². The smallest absolute Gasteiger partial charge is 0.224 e. The van der Waals surface area contributed by atoms with Crippen LogP contribution in [0.15, 0.2) is 11.4 Å². The Balaban J connectivity index is 1.58. The van der Waals surface area contributed by atoms with Crippen molar-refractivity contribution in [3.63, 3.8) is 0 Å². The summed E-state index contributed by atoms with van der Waals surface area (Å²) >= 11 is 1.68. The monoisotopic (exact) mass is 391 g/mol. The number of morpholine rings is 1. The summed E-state index contributed by atoms with van der Waals surface area (Å²) < 4.78 is 5.67. The number of carbonyl (C=O) groups excluding carboxylic acids is 1. The van der Waals surface area contributed by atoms with Crippen molar-refractivity contribution in [2.24, 2.45) is 0 Å². The van der Waals surface area contributed by atoms with Crippen molar-refractivity contribution in [2.75, 3.05) is 59.6 Å². The Morgan fingerprint density at radius 3 is 3.07 bits per heavy atom. The van der Waals surface area contributed by atoms with Crippen LogP contribution in [0.5, 0.6) is 0 Å². The van der Waals surface area contributed by atoms with Gasteiger partial charge in [-0.2, -0.15) is 0 Å². The molecule has 1 amide bonds. The van der Waals surface area contributed by atoms with Crippen molar-refractivity contribution in [2.45, 2.75) is 25.4 Å². The van der Waals surface area contributed by atoms with E-state index < -0.39 is 0 Å². The van der Waals surface area contributed by atoms with Gasteiger partial charge in [-0.25, -0.2) is 0 Å². The molecule has 0 unspecified atom stereocenters. The quantitative estimate of drug-likeness (QED) is 0.771. The molecule has 1 aromatic heterocycles. The molecule has 1 atom stereocenters. The topological polar surface area (TPSA) is 56.2 Å². The molecule has 0 spiro atoms. The van der Waals surface area contributed by atoms with E-state index in [1.165, 1.54) is 4.88 Å². The Morgan fingerprint density at radius 2 is 2.22 bits per heavy atom. The molecule has 1 N–H and O–H groups in total. The fourth-order valence-electron chi connectivity index (χ4n) is 3.58. The predicted molar refractivity (Wildman–Crippen MR) is 107 cm³/mol. The van der Waals surface area contributed by atoms with Crippen molar-refractivity contribution in [3.05, 3.63) is 21.9 Å². The van der Waals surface area contributed by atoms with Gasteiger partial charge < -0.3 is 19.6 Å². The summed E-state index contributed by atoms with van der Waals surface area (Å²) in [6.45, 7) is 6.54. The number of aliphatic hydroxyl groups excluding tert-OH is 1. The molecule has 3 rings (SSSR count). The number of hydrogen-bond acceptors (Lipinski definition) is 6. The number of hydrogen-bond donors (Lipinski definition) is 1. The third-order valence-corrected chi connectivity index (χ3v) is 6.08. The molecule has 7 heteroatoms. The van der Waals surface area contributed by atoms with E-state index in [1.807, 2.05) is 10.3 Å². The first kappa shape index (κ1) is 20.3. The highest BCUT2D eigenvalue weighted by Crippen LogP contribution is 2.21. The highest BCUT2D eigenvalue weighted by molar-refractivity contribution is 7.10. The van der Waals surface area contributed by atoms with Crippen molar-refractivity contribution in [3.8, 4) is 11.8 Å². The first-order valence-electron chi connectivity index (χ1n) is 9.61. The molecule has 148 valence electrons. The number of amides is 1. The highest BCUT2D eigenvalue weighted by atomic mass is 32.1. The molecular weight excluding hydrogens is 362 g/mol. The fourth-order valence-corrected chi connectivity index (χ4v) is 4.42. The minimum Gasteiger partial charge on any atom is -0.384 e. The summed E-state index contributed by atoms with van der Waals surface area (Å²) in [4.78, 5) is 20.7. The third-order valence-electron chi connectivity index (χ3n) is 5.16. The van der Waals surface area contributed by atoms with E-state index in [9.17, 15) is 4.79 Å². The number of nitrogens with zero attached hydrogens (tertiary/aromatic N) is 3. The first-order valence-corrected chi connectivity index (χ1v) is 10.5. The average Bonchev–Trinajstić information content (AvgIpc) is 2.99.